The van der Waals surface area contributed by atoms with Crippen LogP contribution >= 0.6 is 0 Å². The molecule has 0 bridgehead atoms. The van der Waals surface area contributed by atoms with Gasteiger partial charge in [-0.2, -0.15) is 0 Å². The van der Waals surface area contributed by atoms with E-state index in [1.165, 1.54) is 25.7 Å². The third kappa shape index (κ3) is 3.73. The second kappa shape index (κ2) is 6.08. The molecule has 0 atom stereocenters. The molecule has 0 aromatic heterocycles. The molecule has 0 aliphatic carbocycles. The van der Waals surface area contributed by atoms with Gasteiger partial charge >= 0.3 is 0 Å². The SMILES string of the molecule is CCCCCCC(=O)N1C(C)(C)CCCC1(C)C. The summed E-state index contributed by atoms with van der Waals surface area (Å²) in [4.78, 5) is 14.7. The van der Waals surface area contributed by atoms with Crippen molar-refractivity contribution in [3.05, 3.63) is 0 Å². The number of likely N-dealkylation sites (tertiary alicyclic amines) is 1. The predicted octanol–water partition coefficient (Wildman–Crippen LogP) is 4.53. The van der Waals surface area contributed by atoms with E-state index in [2.05, 4.69) is 39.5 Å². The van der Waals surface area contributed by atoms with Crippen LogP contribution in [0.5, 0.6) is 0 Å². The van der Waals surface area contributed by atoms with Gasteiger partial charge in [0.15, 0.2) is 0 Å². The molecule has 0 aromatic rings. The second-order valence-electron chi connectivity index (χ2n) is 7.02. The number of hydrogen-bond acceptors (Lipinski definition) is 1. The summed E-state index contributed by atoms with van der Waals surface area (Å²) in [7, 11) is 0. The van der Waals surface area contributed by atoms with Crippen molar-refractivity contribution in [2.75, 3.05) is 0 Å². The number of carbonyl (C=O) groups is 1. The Labute approximate surface area is 113 Å². The minimum atomic E-state index is 0.0313. The van der Waals surface area contributed by atoms with Crippen molar-refractivity contribution < 1.29 is 4.79 Å². The van der Waals surface area contributed by atoms with Crippen LogP contribution in [0.2, 0.25) is 0 Å². The predicted molar refractivity (Wildman–Crippen MR) is 77.6 cm³/mol. The summed E-state index contributed by atoms with van der Waals surface area (Å²) in [5, 5.41) is 0. The lowest BCUT2D eigenvalue weighted by atomic mass is 9.79. The summed E-state index contributed by atoms with van der Waals surface area (Å²) in [6.45, 7) is 11.1. The standard InChI is InChI=1S/C16H31NO/c1-6-7-8-9-11-14(18)17-15(2,3)12-10-13-16(17,4)5/h6-13H2,1-5H3. The van der Waals surface area contributed by atoms with Crippen LogP contribution in [0.15, 0.2) is 0 Å². The summed E-state index contributed by atoms with van der Waals surface area (Å²) >= 11 is 0. The van der Waals surface area contributed by atoms with E-state index in [-0.39, 0.29) is 11.1 Å². The number of carbonyl (C=O) groups excluding carboxylic acids is 1. The van der Waals surface area contributed by atoms with E-state index in [0.717, 1.165) is 25.7 Å². The Hall–Kier alpha value is -0.530. The molecular weight excluding hydrogens is 222 g/mol. The highest BCUT2D eigenvalue weighted by atomic mass is 16.2. The van der Waals surface area contributed by atoms with Crippen LogP contribution in [0.3, 0.4) is 0 Å². The molecule has 106 valence electrons. The van der Waals surface area contributed by atoms with Gasteiger partial charge in [0.1, 0.15) is 0 Å². The molecule has 0 radical (unpaired) electrons. The fraction of sp³-hybridized carbons (Fsp3) is 0.938. The lowest BCUT2D eigenvalue weighted by Crippen LogP contribution is -2.60. The maximum Gasteiger partial charge on any atom is 0.223 e. The molecule has 0 unspecified atom stereocenters. The summed E-state index contributed by atoms with van der Waals surface area (Å²) in [6, 6.07) is 0. The third-order valence-corrected chi connectivity index (χ3v) is 4.28. The van der Waals surface area contributed by atoms with Crippen LogP contribution in [0.1, 0.15) is 86.0 Å². The van der Waals surface area contributed by atoms with Crippen LogP contribution < -0.4 is 0 Å². The van der Waals surface area contributed by atoms with Crippen LogP contribution in [-0.2, 0) is 4.79 Å². The van der Waals surface area contributed by atoms with Crippen molar-refractivity contribution in [2.24, 2.45) is 0 Å². The molecule has 2 heteroatoms. The van der Waals surface area contributed by atoms with Crippen molar-refractivity contribution in [1.82, 2.24) is 4.90 Å². The van der Waals surface area contributed by atoms with Gasteiger partial charge in [-0.3, -0.25) is 4.79 Å². The first kappa shape index (κ1) is 15.5. The summed E-state index contributed by atoms with van der Waals surface area (Å²) in [5.74, 6) is 0.362. The van der Waals surface area contributed by atoms with Gasteiger partial charge in [0.25, 0.3) is 0 Å². The first-order valence-corrected chi connectivity index (χ1v) is 7.64. The molecule has 0 saturated carbocycles. The highest BCUT2D eigenvalue weighted by molar-refractivity contribution is 5.78. The van der Waals surface area contributed by atoms with Gasteiger partial charge in [0, 0.05) is 17.5 Å². The zero-order chi connectivity index (χ0) is 13.8. The summed E-state index contributed by atoms with van der Waals surface area (Å²) < 4.78 is 0. The summed E-state index contributed by atoms with van der Waals surface area (Å²) in [6.07, 6.45) is 8.96. The van der Waals surface area contributed by atoms with Crippen LogP contribution in [0, 0.1) is 0 Å². The highest BCUT2D eigenvalue weighted by Crippen LogP contribution is 2.38. The molecule has 18 heavy (non-hydrogen) atoms. The zero-order valence-corrected chi connectivity index (χ0v) is 13.0. The number of rotatable bonds is 5. The summed E-state index contributed by atoms with van der Waals surface area (Å²) in [5.41, 5.74) is 0.0627. The Kier molecular flexibility index (Phi) is 5.24. The highest BCUT2D eigenvalue weighted by Gasteiger charge is 2.43. The second-order valence-corrected chi connectivity index (χ2v) is 7.02. The zero-order valence-electron chi connectivity index (χ0n) is 13.0. The molecule has 1 aliphatic heterocycles. The molecule has 1 rings (SSSR count). The molecule has 1 saturated heterocycles. The molecule has 0 aromatic carbocycles. The average Bonchev–Trinajstić information content (AvgIpc) is 2.21. The van der Waals surface area contributed by atoms with Crippen LogP contribution in [0.4, 0.5) is 0 Å². The van der Waals surface area contributed by atoms with Gasteiger partial charge in [-0.25, -0.2) is 0 Å². The monoisotopic (exact) mass is 253 g/mol. The number of hydrogen-bond donors (Lipinski definition) is 0. The van der Waals surface area contributed by atoms with Crippen molar-refractivity contribution >= 4 is 5.91 Å². The smallest absolute Gasteiger partial charge is 0.223 e. The van der Waals surface area contributed by atoms with Crippen LogP contribution in [0.25, 0.3) is 0 Å². The van der Waals surface area contributed by atoms with Crippen LogP contribution in [-0.4, -0.2) is 21.9 Å². The number of amides is 1. The number of unbranched alkanes of at least 4 members (excludes halogenated alkanes) is 3. The normalized spacial score (nSPS) is 21.9. The van der Waals surface area contributed by atoms with E-state index < -0.39 is 0 Å². The molecule has 0 spiro atoms. The quantitative estimate of drug-likeness (QED) is 0.659. The molecule has 1 heterocycles. The molecule has 2 nitrogen and oxygen atoms in total. The van der Waals surface area contributed by atoms with E-state index in [4.69, 9.17) is 0 Å². The van der Waals surface area contributed by atoms with E-state index in [9.17, 15) is 4.79 Å². The van der Waals surface area contributed by atoms with Gasteiger partial charge in [-0.05, 0) is 53.4 Å². The van der Waals surface area contributed by atoms with Gasteiger partial charge in [0.2, 0.25) is 5.91 Å². The molecule has 1 fully saturated rings. The van der Waals surface area contributed by atoms with Gasteiger partial charge in [0.05, 0.1) is 0 Å². The Morgan fingerprint density at radius 3 is 2.06 bits per heavy atom. The molecule has 1 aliphatic rings. The van der Waals surface area contributed by atoms with E-state index in [0.29, 0.717) is 5.91 Å². The first-order valence-electron chi connectivity index (χ1n) is 7.64. The Bertz CT molecular complexity index is 265. The number of nitrogens with zero attached hydrogens (tertiary/aromatic N) is 1. The minimum absolute atomic E-state index is 0.0313. The average molecular weight is 253 g/mol. The van der Waals surface area contributed by atoms with Crippen molar-refractivity contribution in [2.45, 2.75) is 97.1 Å². The minimum Gasteiger partial charge on any atom is -0.332 e. The van der Waals surface area contributed by atoms with Gasteiger partial charge in [-0.1, -0.05) is 26.2 Å². The largest absolute Gasteiger partial charge is 0.332 e. The maximum atomic E-state index is 12.5. The fourth-order valence-electron chi connectivity index (χ4n) is 3.49. The van der Waals surface area contributed by atoms with Gasteiger partial charge in [-0.15, -0.1) is 0 Å². The Morgan fingerprint density at radius 2 is 1.56 bits per heavy atom. The lowest BCUT2D eigenvalue weighted by Gasteiger charge is -2.53. The Morgan fingerprint density at radius 1 is 1.00 bits per heavy atom. The van der Waals surface area contributed by atoms with Crippen molar-refractivity contribution in [3.8, 4) is 0 Å². The molecule has 1 amide bonds. The van der Waals surface area contributed by atoms with E-state index >= 15 is 0 Å². The third-order valence-electron chi connectivity index (χ3n) is 4.28. The molecular formula is C16H31NO. The maximum absolute atomic E-state index is 12.5. The first-order chi connectivity index (χ1) is 8.31. The Balaban J connectivity index is 2.62. The number of piperidine rings is 1. The van der Waals surface area contributed by atoms with Gasteiger partial charge < -0.3 is 4.90 Å². The van der Waals surface area contributed by atoms with E-state index in [1.54, 1.807) is 0 Å². The van der Waals surface area contributed by atoms with Crippen molar-refractivity contribution in [3.63, 3.8) is 0 Å². The molecule has 0 N–H and O–H groups in total. The fourth-order valence-corrected chi connectivity index (χ4v) is 3.49. The lowest BCUT2D eigenvalue weighted by molar-refractivity contribution is -0.149. The van der Waals surface area contributed by atoms with Crippen molar-refractivity contribution in [1.29, 1.82) is 0 Å². The topological polar surface area (TPSA) is 20.3 Å². The van der Waals surface area contributed by atoms with E-state index in [1.807, 2.05) is 0 Å².